The molecule has 2 rings (SSSR count). The van der Waals surface area contributed by atoms with Crippen molar-refractivity contribution in [3.63, 3.8) is 0 Å². The van der Waals surface area contributed by atoms with Crippen LogP contribution in [-0.2, 0) is 6.42 Å². The van der Waals surface area contributed by atoms with Gasteiger partial charge in [0.2, 0.25) is 0 Å². The van der Waals surface area contributed by atoms with Gasteiger partial charge >= 0.3 is 0 Å². The number of hydrogen-bond donors (Lipinski definition) is 0. The molecule has 1 nitrogen and oxygen atoms in total. The van der Waals surface area contributed by atoms with Crippen LogP contribution in [0.5, 0.6) is 0 Å². The van der Waals surface area contributed by atoms with Gasteiger partial charge in [0, 0.05) is 10.5 Å². The molecule has 0 amide bonds. The molecular formula is C13H18BrN. The van der Waals surface area contributed by atoms with Crippen molar-refractivity contribution in [2.45, 2.75) is 32.2 Å². The van der Waals surface area contributed by atoms with Gasteiger partial charge in [-0.15, -0.1) is 0 Å². The summed E-state index contributed by atoms with van der Waals surface area (Å²) in [7, 11) is 0. The topological polar surface area (TPSA) is 3.24 Å². The minimum absolute atomic E-state index is 0.672. The summed E-state index contributed by atoms with van der Waals surface area (Å²) >= 11 is 3.61. The third-order valence-electron chi connectivity index (χ3n) is 3.24. The van der Waals surface area contributed by atoms with Crippen molar-refractivity contribution in [2.24, 2.45) is 0 Å². The molecule has 0 saturated carbocycles. The number of likely N-dealkylation sites (tertiary alicyclic amines) is 1. The Morgan fingerprint density at radius 1 is 1.27 bits per heavy atom. The lowest BCUT2D eigenvalue weighted by atomic mass is 10.1. The Morgan fingerprint density at radius 3 is 2.60 bits per heavy atom. The van der Waals surface area contributed by atoms with Gasteiger partial charge in [-0.1, -0.05) is 34.1 Å². The zero-order valence-corrected chi connectivity index (χ0v) is 10.8. The summed E-state index contributed by atoms with van der Waals surface area (Å²) in [6.07, 6.45) is 3.90. The first kappa shape index (κ1) is 11.2. The van der Waals surface area contributed by atoms with E-state index in [0.717, 1.165) is 6.42 Å². The summed E-state index contributed by atoms with van der Waals surface area (Å²) in [5, 5.41) is 0. The molecule has 1 unspecified atom stereocenters. The highest BCUT2D eigenvalue weighted by Gasteiger charge is 2.18. The van der Waals surface area contributed by atoms with E-state index in [-0.39, 0.29) is 0 Å². The largest absolute Gasteiger partial charge is 0.300 e. The van der Waals surface area contributed by atoms with Gasteiger partial charge in [-0.05, 0) is 50.9 Å². The van der Waals surface area contributed by atoms with E-state index in [0.29, 0.717) is 6.04 Å². The number of nitrogens with zero attached hydrogens (tertiary/aromatic N) is 1. The van der Waals surface area contributed by atoms with E-state index in [1.807, 2.05) is 0 Å². The fraction of sp³-hybridized carbons (Fsp3) is 0.538. The normalized spacial score (nSPS) is 19.3. The molecule has 0 N–H and O–H groups in total. The summed E-state index contributed by atoms with van der Waals surface area (Å²) < 4.78 is 1.25. The van der Waals surface area contributed by atoms with Crippen LogP contribution >= 0.6 is 15.9 Å². The molecule has 1 saturated heterocycles. The van der Waals surface area contributed by atoms with Crippen molar-refractivity contribution in [1.29, 1.82) is 0 Å². The van der Waals surface area contributed by atoms with Crippen LogP contribution in [0.3, 0.4) is 0 Å². The fourth-order valence-electron chi connectivity index (χ4n) is 2.29. The Kier molecular flexibility index (Phi) is 3.81. The second-order valence-electron chi connectivity index (χ2n) is 4.39. The van der Waals surface area contributed by atoms with Crippen molar-refractivity contribution in [3.05, 3.63) is 34.3 Å². The predicted molar refractivity (Wildman–Crippen MR) is 68.1 cm³/mol. The summed E-state index contributed by atoms with van der Waals surface area (Å²) in [5.74, 6) is 0. The van der Waals surface area contributed by atoms with Crippen LogP contribution in [0.4, 0.5) is 0 Å². The Balaban J connectivity index is 1.99. The second kappa shape index (κ2) is 5.13. The molecule has 1 atom stereocenters. The Morgan fingerprint density at radius 2 is 1.93 bits per heavy atom. The molecular weight excluding hydrogens is 250 g/mol. The molecule has 0 radical (unpaired) electrons. The molecule has 82 valence electrons. The number of hydrogen-bond acceptors (Lipinski definition) is 1. The van der Waals surface area contributed by atoms with Gasteiger partial charge in [0.05, 0.1) is 0 Å². The van der Waals surface area contributed by atoms with E-state index in [1.54, 1.807) is 0 Å². The van der Waals surface area contributed by atoms with Gasteiger partial charge < -0.3 is 4.90 Å². The average Bonchev–Trinajstić information content (AvgIpc) is 2.74. The third-order valence-corrected chi connectivity index (χ3v) is 4.01. The van der Waals surface area contributed by atoms with Crippen LogP contribution in [0, 0.1) is 0 Å². The van der Waals surface area contributed by atoms with E-state index in [4.69, 9.17) is 0 Å². The van der Waals surface area contributed by atoms with Crippen LogP contribution < -0.4 is 0 Å². The van der Waals surface area contributed by atoms with E-state index in [1.165, 1.54) is 36.0 Å². The van der Waals surface area contributed by atoms with Crippen molar-refractivity contribution in [2.75, 3.05) is 13.1 Å². The minimum atomic E-state index is 0.672. The summed E-state index contributed by atoms with van der Waals surface area (Å²) in [4.78, 5) is 2.60. The Hall–Kier alpha value is -0.340. The van der Waals surface area contributed by atoms with Crippen LogP contribution in [0.15, 0.2) is 28.7 Å². The standard InChI is InChI=1S/C13H18BrN/c1-11(15-8-4-5-9-15)10-12-6-2-3-7-13(12)14/h2-3,6-7,11H,4-5,8-10H2,1H3. The number of halogens is 1. The molecule has 0 aliphatic carbocycles. The Labute approximate surface area is 101 Å². The summed E-state index contributed by atoms with van der Waals surface area (Å²) in [6, 6.07) is 9.22. The van der Waals surface area contributed by atoms with Crippen molar-refractivity contribution < 1.29 is 0 Å². The molecule has 0 bridgehead atoms. The van der Waals surface area contributed by atoms with Gasteiger partial charge in [0.15, 0.2) is 0 Å². The monoisotopic (exact) mass is 267 g/mol. The minimum Gasteiger partial charge on any atom is -0.300 e. The number of rotatable bonds is 3. The Bertz CT molecular complexity index is 318. The fourth-order valence-corrected chi connectivity index (χ4v) is 2.74. The highest BCUT2D eigenvalue weighted by molar-refractivity contribution is 9.10. The van der Waals surface area contributed by atoms with Crippen LogP contribution in [0.2, 0.25) is 0 Å². The maximum Gasteiger partial charge on any atom is 0.0207 e. The third kappa shape index (κ3) is 2.82. The lowest BCUT2D eigenvalue weighted by Gasteiger charge is -2.24. The van der Waals surface area contributed by atoms with E-state index < -0.39 is 0 Å². The van der Waals surface area contributed by atoms with Crippen LogP contribution in [0.25, 0.3) is 0 Å². The maximum atomic E-state index is 3.61. The first-order valence-corrected chi connectivity index (χ1v) is 6.54. The van der Waals surface area contributed by atoms with Crippen LogP contribution in [-0.4, -0.2) is 24.0 Å². The molecule has 1 aromatic carbocycles. The van der Waals surface area contributed by atoms with Crippen molar-refractivity contribution >= 4 is 15.9 Å². The van der Waals surface area contributed by atoms with Gasteiger partial charge in [-0.25, -0.2) is 0 Å². The SMILES string of the molecule is CC(Cc1ccccc1Br)N1CCCC1. The molecule has 1 aliphatic heterocycles. The molecule has 1 aromatic rings. The quantitative estimate of drug-likeness (QED) is 0.811. The van der Waals surface area contributed by atoms with Gasteiger partial charge in [-0.2, -0.15) is 0 Å². The van der Waals surface area contributed by atoms with Gasteiger partial charge in [0.25, 0.3) is 0 Å². The summed E-state index contributed by atoms with van der Waals surface area (Å²) in [6.45, 7) is 4.90. The highest BCUT2D eigenvalue weighted by Crippen LogP contribution is 2.20. The lowest BCUT2D eigenvalue weighted by molar-refractivity contribution is 0.257. The van der Waals surface area contributed by atoms with Gasteiger partial charge in [-0.3, -0.25) is 0 Å². The molecule has 0 aromatic heterocycles. The van der Waals surface area contributed by atoms with Gasteiger partial charge in [0.1, 0.15) is 0 Å². The zero-order chi connectivity index (χ0) is 10.7. The molecule has 1 aliphatic rings. The first-order valence-electron chi connectivity index (χ1n) is 5.75. The van der Waals surface area contributed by atoms with E-state index >= 15 is 0 Å². The average molecular weight is 268 g/mol. The van der Waals surface area contributed by atoms with Crippen LogP contribution in [0.1, 0.15) is 25.3 Å². The predicted octanol–water partition coefficient (Wildman–Crippen LogP) is 3.48. The smallest absolute Gasteiger partial charge is 0.0207 e. The molecule has 1 fully saturated rings. The molecule has 1 heterocycles. The molecule has 15 heavy (non-hydrogen) atoms. The highest BCUT2D eigenvalue weighted by atomic mass is 79.9. The lowest BCUT2D eigenvalue weighted by Crippen LogP contribution is -2.31. The van der Waals surface area contributed by atoms with Crippen molar-refractivity contribution in [3.8, 4) is 0 Å². The maximum absolute atomic E-state index is 3.61. The van der Waals surface area contributed by atoms with E-state index in [9.17, 15) is 0 Å². The van der Waals surface area contributed by atoms with E-state index in [2.05, 4.69) is 52.0 Å². The zero-order valence-electron chi connectivity index (χ0n) is 9.25. The molecule has 0 spiro atoms. The first-order chi connectivity index (χ1) is 7.27. The second-order valence-corrected chi connectivity index (χ2v) is 5.24. The van der Waals surface area contributed by atoms with Crippen molar-refractivity contribution in [1.82, 2.24) is 4.90 Å². The summed E-state index contributed by atoms with van der Waals surface area (Å²) in [5.41, 5.74) is 1.43. The molecule has 2 heteroatoms. The number of benzene rings is 1.